The number of hydrogen-bond donors (Lipinski definition) is 0. The number of ether oxygens (including phenoxy) is 1. The van der Waals surface area contributed by atoms with Crippen LogP contribution in [0.4, 0.5) is 0 Å². The number of pyridine rings is 1. The van der Waals surface area contributed by atoms with E-state index in [0.717, 1.165) is 22.6 Å². The molecule has 10 heteroatoms. The molecule has 0 saturated carbocycles. The molecular weight excluding hydrogens is 452 g/mol. The molecule has 5 rings (SSSR count). The Balaban J connectivity index is 1.34. The Morgan fingerprint density at radius 2 is 1.91 bits per heavy atom. The first-order valence-corrected chi connectivity index (χ1v) is 11.6. The summed E-state index contributed by atoms with van der Waals surface area (Å²) in [6.07, 6.45) is 5.59. The largest absolute Gasteiger partial charge is 0.497 e. The van der Waals surface area contributed by atoms with Crippen molar-refractivity contribution in [3.63, 3.8) is 0 Å². The van der Waals surface area contributed by atoms with Crippen LogP contribution in [0.25, 0.3) is 11.4 Å². The van der Waals surface area contributed by atoms with Crippen LogP contribution in [0.1, 0.15) is 23.8 Å². The second-order valence-electron chi connectivity index (χ2n) is 7.64. The Bertz CT molecular complexity index is 1300. The average Bonchev–Trinajstić information content (AvgIpc) is 3.63. The smallest absolute Gasteiger partial charge is 0.253 e. The summed E-state index contributed by atoms with van der Waals surface area (Å²) in [6.45, 7) is 0. The van der Waals surface area contributed by atoms with Crippen LogP contribution in [0.2, 0.25) is 0 Å². The van der Waals surface area contributed by atoms with Gasteiger partial charge in [0.25, 0.3) is 5.91 Å². The van der Waals surface area contributed by atoms with Gasteiger partial charge in [-0.2, -0.15) is 5.10 Å². The summed E-state index contributed by atoms with van der Waals surface area (Å²) in [5.41, 5.74) is 2.67. The fourth-order valence-electron chi connectivity index (χ4n) is 3.79. The summed E-state index contributed by atoms with van der Waals surface area (Å²) in [7, 11) is 3.51. The van der Waals surface area contributed by atoms with E-state index in [1.807, 2.05) is 60.1 Å². The number of furan rings is 1. The third-order valence-corrected chi connectivity index (χ3v) is 6.56. The highest BCUT2D eigenvalue weighted by Crippen LogP contribution is 2.34. The van der Waals surface area contributed by atoms with Crippen LogP contribution in [0.3, 0.4) is 0 Å². The van der Waals surface area contributed by atoms with Crippen LogP contribution in [0.5, 0.6) is 5.75 Å². The van der Waals surface area contributed by atoms with Crippen molar-refractivity contribution in [3.8, 4) is 17.1 Å². The monoisotopic (exact) mass is 474 g/mol. The molecule has 1 aromatic carbocycles. The van der Waals surface area contributed by atoms with Crippen LogP contribution in [-0.2, 0) is 11.8 Å². The standard InChI is InChI=1S/C24H22N6O3S/c1-29-23(17-9-11-25-12-10-17)26-27-24(29)34-15-22(31)30-20(21-4-3-13-33-21)14-19(28-30)16-5-7-18(32-2)8-6-16/h3-13,20H,14-15H2,1-2H3. The predicted octanol–water partition coefficient (Wildman–Crippen LogP) is 3.95. The number of hydrogen-bond acceptors (Lipinski definition) is 8. The lowest BCUT2D eigenvalue weighted by Crippen LogP contribution is -2.28. The number of rotatable bonds is 7. The van der Waals surface area contributed by atoms with E-state index in [1.165, 1.54) is 16.8 Å². The van der Waals surface area contributed by atoms with Gasteiger partial charge in [0.1, 0.15) is 17.6 Å². The highest BCUT2D eigenvalue weighted by molar-refractivity contribution is 7.99. The second kappa shape index (κ2) is 9.52. The van der Waals surface area contributed by atoms with Gasteiger partial charge in [0.15, 0.2) is 11.0 Å². The highest BCUT2D eigenvalue weighted by Gasteiger charge is 2.35. The molecule has 0 fully saturated rings. The molecule has 0 saturated heterocycles. The zero-order valence-corrected chi connectivity index (χ0v) is 19.5. The van der Waals surface area contributed by atoms with Crippen LogP contribution < -0.4 is 4.74 Å². The van der Waals surface area contributed by atoms with Gasteiger partial charge in [-0.25, -0.2) is 5.01 Å². The van der Waals surface area contributed by atoms with Gasteiger partial charge < -0.3 is 13.7 Å². The quantitative estimate of drug-likeness (QED) is 0.374. The number of amides is 1. The second-order valence-corrected chi connectivity index (χ2v) is 8.58. The van der Waals surface area contributed by atoms with Crippen LogP contribution in [-0.4, -0.2) is 49.2 Å². The Hall–Kier alpha value is -3.92. The minimum atomic E-state index is -0.299. The molecule has 1 atom stereocenters. The number of nitrogens with zero attached hydrogens (tertiary/aromatic N) is 6. The van der Waals surface area contributed by atoms with Crippen molar-refractivity contribution in [2.75, 3.05) is 12.9 Å². The predicted molar refractivity (Wildman–Crippen MR) is 127 cm³/mol. The molecule has 1 aliphatic rings. The van der Waals surface area contributed by atoms with E-state index in [2.05, 4.69) is 20.3 Å². The third kappa shape index (κ3) is 4.32. The van der Waals surface area contributed by atoms with E-state index in [9.17, 15) is 4.79 Å². The molecule has 1 unspecified atom stereocenters. The molecule has 34 heavy (non-hydrogen) atoms. The van der Waals surface area contributed by atoms with Gasteiger partial charge in [-0.1, -0.05) is 11.8 Å². The molecule has 0 bridgehead atoms. The van der Waals surface area contributed by atoms with Crippen molar-refractivity contribution in [1.82, 2.24) is 24.8 Å². The topological polar surface area (TPSA) is 98.6 Å². The first-order chi connectivity index (χ1) is 16.6. The van der Waals surface area contributed by atoms with Crippen molar-refractivity contribution in [3.05, 3.63) is 78.5 Å². The van der Waals surface area contributed by atoms with Crippen molar-refractivity contribution in [2.24, 2.45) is 12.1 Å². The molecule has 0 spiro atoms. The maximum atomic E-state index is 13.3. The van der Waals surface area contributed by atoms with Gasteiger partial charge in [0.05, 0.1) is 24.8 Å². The van der Waals surface area contributed by atoms with Gasteiger partial charge in [-0.3, -0.25) is 9.78 Å². The number of methoxy groups -OCH3 is 1. The molecule has 0 aliphatic carbocycles. The minimum absolute atomic E-state index is 0.136. The molecule has 4 heterocycles. The van der Waals surface area contributed by atoms with Gasteiger partial charge in [0, 0.05) is 31.4 Å². The van der Waals surface area contributed by atoms with Crippen molar-refractivity contribution in [2.45, 2.75) is 17.6 Å². The van der Waals surface area contributed by atoms with E-state index >= 15 is 0 Å². The number of thioether (sulfide) groups is 1. The maximum absolute atomic E-state index is 13.3. The number of carbonyl (C=O) groups is 1. The Labute approximate surface area is 200 Å². The van der Waals surface area contributed by atoms with Gasteiger partial charge in [-0.15, -0.1) is 10.2 Å². The molecule has 3 aromatic heterocycles. The van der Waals surface area contributed by atoms with Crippen LogP contribution >= 0.6 is 11.8 Å². The summed E-state index contributed by atoms with van der Waals surface area (Å²) in [4.78, 5) is 17.3. The zero-order chi connectivity index (χ0) is 23.5. The Morgan fingerprint density at radius 3 is 2.62 bits per heavy atom. The van der Waals surface area contributed by atoms with E-state index in [4.69, 9.17) is 9.15 Å². The van der Waals surface area contributed by atoms with Gasteiger partial charge in [-0.05, 0) is 54.1 Å². The lowest BCUT2D eigenvalue weighted by molar-refractivity contribution is -0.130. The SMILES string of the molecule is COc1ccc(C2=NN(C(=O)CSc3nnc(-c4ccncc4)n3C)C(c3ccco3)C2)cc1. The molecular formula is C24H22N6O3S. The van der Waals surface area contributed by atoms with E-state index in [-0.39, 0.29) is 17.7 Å². The Morgan fingerprint density at radius 1 is 1.12 bits per heavy atom. The molecule has 9 nitrogen and oxygen atoms in total. The fraction of sp³-hybridized carbons (Fsp3) is 0.208. The lowest BCUT2D eigenvalue weighted by atomic mass is 10.0. The number of carbonyl (C=O) groups excluding carboxylic acids is 1. The maximum Gasteiger partial charge on any atom is 0.253 e. The Kier molecular flexibility index (Phi) is 6.13. The fourth-order valence-corrected chi connectivity index (χ4v) is 4.55. The van der Waals surface area contributed by atoms with Gasteiger partial charge >= 0.3 is 0 Å². The van der Waals surface area contributed by atoms with E-state index in [0.29, 0.717) is 23.2 Å². The van der Waals surface area contributed by atoms with E-state index < -0.39 is 0 Å². The average molecular weight is 475 g/mol. The summed E-state index contributed by atoms with van der Waals surface area (Å²) < 4.78 is 12.7. The number of aromatic nitrogens is 4. The summed E-state index contributed by atoms with van der Waals surface area (Å²) in [6, 6.07) is 14.8. The number of benzene rings is 1. The highest BCUT2D eigenvalue weighted by atomic mass is 32.2. The molecule has 1 amide bonds. The lowest BCUT2D eigenvalue weighted by Gasteiger charge is -2.19. The minimum Gasteiger partial charge on any atom is -0.497 e. The summed E-state index contributed by atoms with van der Waals surface area (Å²) in [5, 5.41) is 15.4. The molecule has 1 aliphatic heterocycles. The van der Waals surface area contributed by atoms with Gasteiger partial charge in [0.2, 0.25) is 0 Å². The molecule has 172 valence electrons. The zero-order valence-electron chi connectivity index (χ0n) is 18.7. The summed E-state index contributed by atoms with van der Waals surface area (Å²) in [5.74, 6) is 2.21. The van der Waals surface area contributed by atoms with Crippen LogP contribution in [0, 0.1) is 0 Å². The first-order valence-electron chi connectivity index (χ1n) is 10.6. The van der Waals surface area contributed by atoms with Crippen molar-refractivity contribution >= 4 is 23.4 Å². The normalized spacial score (nSPS) is 15.4. The van der Waals surface area contributed by atoms with Crippen molar-refractivity contribution in [1.29, 1.82) is 0 Å². The van der Waals surface area contributed by atoms with E-state index in [1.54, 1.807) is 25.8 Å². The number of hydrazone groups is 1. The third-order valence-electron chi connectivity index (χ3n) is 5.56. The molecule has 4 aromatic rings. The summed E-state index contributed by atoms with van der Waals surface area (Å²) >= 11 is 1.32. The van der Waals surface area contributed by atoms with Crippen LogP contribution in [0.15, 0.2) is 81.9 Å². The van der Waals surface area contributed by atoms with Crippen molar-refractivity contribution < 1.29 is 13.9 Å². The molecule has 0 N–H and O–H groups in total. The molecule has 0 radical (unpaired) electrons. The first kappa shape index (κ1) is 21.9.